The Bertz CT molecular complexity index is 1420. The number of nitrogens with one attached hydrogen (secondary N) is 2. The summed E-state index contributed by atoms with van der Waals surface area (Å²) in [4.78, 5) is 4.53. The summed E-state index contributed by atoms with van der Waals surface area (Å²) in [6.45, 7) is 1.70. The van der Waals surface area contributed by atoms with Crippen LogP contribution in [0.3, 0.4) is 0 Å². The topological polar surface area (TPSA) is 171 Å². The third-order valence-corrected chi connectivity index (χ3v) is 6.29. The summed E-state index contributed by atoms with van der Waals surface area (Å²) in [5.41, 5.74) is 6.43. The number of para-hydroxylation sites is 1. The van der Waals surface area contributed by atoms with Crippen LogP contribution in [0.15, 0.2) is 60.9 Å². The van der Waals surface area contributed by atoms with Crippen molar-refractivity contribution in [2.24, 2.45) is 0 Å². The second-order valence-corrected chi connectivity index (χ2v) is 8.79. The monoisotopic (exact) mass is 508 g/mol. The molecule has 5 atom stereocenters. The molecule has 2 aromatic carbocycles. The highest BCUT2D eigenvalue weighted by Gasteiger charge is 2.44. The van der Waals surface area contributed by atoms with E-state index in [-0.39, 0.29) is 5.49 Å². The van der Waals surface area contributed by atoms with Crippen molar-refractivity contribution in [2.45, 2.75) is 44.2 Å². The third kappa shape index (κ3) is 4.80. The molecule has 0 amide bonds. The molecule has 5 unspecified atom stereocenters. The molecule has 5 rings (SSSR count). The fraction of sp³-hybridized carbons (Fsp3) is 0.320. The number of aryl methyl sites for hydroxylation is 1. The number of hydrogen-bond acceptors (Lipinski definition) is 10. The van der Waals surface area contributed by atoms with Crippen LogP contribution in [0.1, 0.15) is 11.3 Å². The predicted molar refractivity (Wildman–Crippen MR) is 131 cm³/mol. The number of fused-ring (bicyclic) bond motifs is 1. The van der Waals surface area contributed by atoms with Gasteiger partial charge in [-0.15, -0.1) is 0 Å². The van der Waals surface area contributed by atoms with Gasteiger partial charge in [0, 0.05) is 0 Å². The zero-order chi connectivity index (χ0) is 26.1. The Morgan fingerprint density at radius 1 is 1.03 bits per heavy atom. The second-order valence-electron chi connectivity index (χ2n) is 8.79. The van der Waals surface area contributed by atoms with Gasteiger partial charge in [0.05, 0.1) is 29.9 Å². The van der Waals surface area contributed by atoms with E-state index in [1.54, 1.807) is 35.3 Å². The van der Waals surface area contributed by atoms with Crippen molar-refractivity contribution >= 4 is 11.0 Å². The van der Waals surface area contributed by atoms with Gasteiger partial charge < -0.3 is 35.3 Å². The molecule has 0 radical (unpaired) electrons. The first-order valence-corrected chi connectivity index (χ1v) is 11.7. The highest BCUT2D eigenvalue weighted by molar-refractivity contribution is 5.78. The number of benzene rings is 2. The minimum absolute atomic E-state index is 0.229. The second kappa shape index (κ2) is 10.3. The minimum atomic E-state index is -1.51. The van der Waals surface area contributed by atoms with Crippen molar-refractivity contribution in [2.75, 3.05) is 12.0 Å². The van der Waals surface area contributed by atoms with Gasteiger partial charge in [0.15, 0.2) is 11.1 Å². The van der Waals surface area contributed by atoms with Crippen LogP contribution in [0.2, 0.25) is 0 Å². The van der Waals surface area contributed by atoms with Crippen LogP contribution in [0.25, 0.3) is 16.7 Å². The maximum absolute atomic E-state index is 10.2. The summed E-state index contributed by atoms with van der Waals surface area (Å²) >= 11 is 0. The standard InChI is InChI=1S/C25H28N6O6/c1-14-19-23(26)30(13-27-24(19)31(29-14)16-5-3-2-4-6-16)28-11-15-7-9-17(10-8-15)36-25-22(35)21(34)20(33)18(12-32)37-25/h2-10,13,18,20-22,25-26,28,32-35H,11-12H2,1H3. The van der Waals surface area contributed by atoms with Gasteiger partial charge in [0.25, 0.3) is 0 Å². The Morgan fingerprint density at radius 3 is 2.46 bits per heavy atom. The summed E-state index contributed by atoms with van der Waals surface area (Å²) in [5.74, 6) is 0.369. The van der Waals surface area contributed by atoms with Crippen molar-refractivity contribution in [1.82, 2.24) is 19.4 Å². The molecule has 3 heterocycles. The Morgan fingerprint density at radius 2 is 1.76 bits per heavy atom. The first kappa shape index (κ1) is 24.9. The highest BCUT2D eigenvalue weighted by atomic mass is 16.7. The van der Waals surface area contributed by atoms with E-state index < -0.39 is 37.3 Å². The van der Waals surface area contributed by atoms with E-state index in [0.717, 1.165) is 11.3 Å². The molecular weight excluding hydrogens is 480 g/mol. The molecule has 1 aliphatic heterocycles. The smallest absolute Gasteiger partial charge is 0.229 e. The third-order valence-electron chi connectivity index (χ3n) is 6.29. The maximum Gasteiger partial charge on any atom is 0.229 e. The minimum Gasteiger partial charge on any atom is -0.462 e. The predicted octanol–water partition coefficient (Wildman–Crippen LogP) is -0.0677. The highest BCUT2D eigenvalue weighted by Crippen LogP contribution is 2.24. The van der Waals surface area contributed by atoms with Gasteiger partial charge in [0.1, 0.15) is 36.5 Å². The van der Waals surface area contributed by atoms with E-state index in [9.17, 15) is 20.4 Å². The molecule has 37 heavy (non-hydrogen) atoms. The molecule has 194 valence electrons. The molecule has 0 spiro atoms. The van der Waals surface area contributed by atoms with Crippen LogP contribution < -0.4 is 15.7 Å². The normalized spacial score (nSPS) is 23.8. The van der Waals surface area contributed by atoms with Crippen LogP contribution in [0.4, 0.5) is 0 Å². The number of aromatic nitrogens is 4. The van der Waals surface area contributed by atoms with Crippen molar-refractivity contribution in [3.63, 3.8) is 0 Å². The summed E-state index contributed by atoms with van der Waals surface area (Å²) in [5, 5.41) is 53.2. The van der Waals surface area contributed by atoms with Crippen LogP contribution in [-0.2, 0) is 11.3 Å². The molecule has 4 aromatic rings. The zero-order valence-corrected chi connectivity index (χ0v) is 20.0. The summed E-state index contributed by atoms with van der Waals surface area (Å²) in [6.07, 6.45) is -5.19. The molecule has 0 aliphatic carbocycles. The summed E-state index contributed by atoms with van der Waals surface area (Å²) < 4.78 is 14.3. The van der Waals surface area contributed by atoms with E-state index in [1.165, 1.54) is 4.68 Å². The van der Waals surface area contributed by atoms with Crippen molar-refractivity contribution in [1.29, 1.82) is 5.41 Å². The Labute approximate surface area is 211 Å². The van der Waals surface area contributed by atoms with Gasteiger partial charge >= 0.3 is 0 Å². The lowest BCUT2D eigenvalue weighted by molar-refractivity contribution is -0.277. The van der Waals surface area contributed by atoms with Gasteiger partial charge in [-0.3, -0.25) is 5.41 Å². The molecule has 12 nitrogen and oxygen atoms in total. The van der Waals surface area contributed by atoms with Crippen molar-refractivity contribution in [3.8, 4) is 11.4 Å². The van der Waals surface area contributed by atoms with Crippen molar-refractivity contribution < 1.29 is 29.9 Å². The summed E-state index contributed by atoms with van der Waals surface area (Å²) in [6, 6.07) is 16.6. The fourth-order valence-electron chi connectivity index (χ4n) is 4.23. The maximum atomic E-state index is 10.2. The van der Waals surface area contributed by atoms with Gasteiger partial charge in [-0.05, 0) is 36.8 Å². The van der Waals surface area contributed by atoms with Crippen molar-refractivity contribution in [3.05, 3.63) is 77.7 Å². The SMILES string of the molecule is Cc1nn(-c2ccccc2)c2ncn(NCc3ccc(OC4OC(CO)C(O)C(O)C4O)cc3)c(=N)c12. The molecule has 0 saturated carbocycles. The molecule has 0 bridgehead atoms. The lowest BCUT2D eigenvalue weighted by atomic mass is 9.99. The van der Waals surface area contributed by atoms with Gasteiger partial charge in [-0.1, -0.05) is 30.3 Å². The van der Waals surface area contributed by atoms with Crippen LogP contribution in [0.5, 0.6) is 5.75 Å². The molecule has 6 N–H and O–H groups in total. The number of aliphatic hydroxyl groups excluding tert-OH is 4. The van der Waals surface area contributed by atoms with Gasteiger partial charge in [-0.25, -0.2) is 14.3 Å². The zero-order valence-electron chi connectivity index (χ0n) is 20.0. The van der Waals surface area contributed by atoms with E-state index in [4.69, 9.17) is 14.9 Å². The molecular formula is C25H28N6O6. The van der Waals surface area contributed by atoms with E-state index in [0.29, 0.717) is 29.0 Å². The van der Waals surface area contributed by atoms with Crippen LogP contribution >= 0.6 is 0 Å². The quantitative estimate of drug-likeness (QED) is 0.200. The Kier molecular flexibility index (Phi) is 6.91. The Hall–Kier alpha value is -3.81. The largest absolute Gasteiger partial charge is 0.462 e. The Balaban J connectivity index is 1.27. The summed E-state index contributed by atoms with van der Waals surface area (Å²) in [7, 11) is 0. The first-order valence-electron chi connectivity index (χ1n) is 11.7. The van der Waals surface area contributed by atoms with E-state index in [2.05, 4.69) is 15.5 Å². The van der Waals surface area contributed by atoms with Gasteiger partial charge in [-0.2, -0.15) is 5.10 Å². The lowest BCUT2D eigenvalue weighted by Gasteiger charge is -2.39. The fourth-order valence-corrected chi connectivity index (χ4v) is 4.23. The molecule has 1 fully saturated rings. The van der Waals surface area contributed by atoms with Crippen LogP contribution in [-0.4, -0.2) is 77.2 Å². The molecule has 2 aromatic heterocycles. The number of nitrogens with zero attached hydrogens (tertiary/aromatic N) is 4. The first-order chi connectivity index (χ1) is 17.9. The average molecular weight is 509 g/mol. The lowest BCUT2D eigenvalue weighted by Crippen LogP contribution is -2.60. The van der Waals surface area contributed by atoms with E-state index >= 15 is 0 Å². The van der Waals surface area contributed by atoms with E-state index in [1.807, 2.05) is 37.3 Å². The average Bonchev–Trinajstić information content (AvgIpc) is 3.26. The molecule has 12 heteroatoms. The van der Waals surface area contributed by atoms with Gasteiger partial charge in [0.2, 0.25) is 6.29 Å². The van der Waals surface area contributed by atoms with Crippen LogP contribution in [0, 0.1) is 12.3 Å². The number of rotatable bonds is 7. The number of hydrogen-bond donors (Lipinski definition) is 6. The number of ether oxygens (including phenoxy) is 2. The molecule has 1 saturated heterocycles. The number of aliphatic hydroxyl groups is 4. The molecule has 1 aliphatic rings.